The monoisotopic (exact) mass is 352 g/mol. The highest BCUT2D eigenvalue weighted by atomic mass is 16.5. The maximum Gasteiger partial charge on any atom is 0.241 e. The normalized spacial score (nSPS) is 21.1. The molecule has 1 fully saturated rings. The summed E-state index contributed by atoms with van der Waals surface area (Å²) in [5, 5.41) is 9.69. The number of piperidine rings is 1. The molecule has 1 unspecified atom stereocenters. The molecule has 26 heavy (non-hydrogen) atoms. The Bertz CT molecular complexity index is 757. The van der Waals surface area contributed by atoms with Crippen molar-refractivity contribution in [2.75, 3.05) is 31.1 Å². The SMILES string of the molecule is O=C(CN1CCC(O)CC1)N1c2ccccc2OCC1c1ccccc1. The Morgan fingerprint density at radius 1 is 1.04 bits per heavy atom. The van der Waals surface area contributed by atoms with E-state index in [2.05, 4.69) is 4.90 Å². The van der Waals surface area contributed by atoms with E-state index in [-0.39, 0.29) is 18.1 Å². The summed E-state index contributed by atoms with van der Waals surface area (Å²) in [4.78, 5) is 17.3. The van der Waals surface area contributed by atoms with Crippen LogP contribution in [0.5, 0.6) is 5.75 Å². The summed E-state index contributed by atoms with van der Waals surface area (Å²) in [6, 6.07) is 17.6. The average molecular weight is 352 g/mol. The van der Waals surface area contributed by atoms with Crippen LogP contribution in [-0.4, -0.2) is 48.3 Å². The van der Waals surface area contributed by atoms with Crippen molar-refractivity contribution in [1.29, 1.82) is 0 Å². The molecule has 2 aliphatic rings. The molecule has 0 spiro atoms. The summed E-state index contributed by atoms with van der Waals surface area (Å²) < 4.78 is 5.93. The fourth-order valence-electron chi connectivity index (χ4n) is 3.76. The lowest BCUT2D eigenvalue weighted by Crippen LogP contribution is -2.48. The van der Waals surface area contributed by atoms with Crippen LogP contribution >= 0.6 is 0 Å². The molecular formula is C21H24N2O3. The Morgan fingerprint density at radius 3 is 2.50 bits per heavy atom. The minimum Gasteiger partial charge on any atom is -0.489 e. The lowest BCUT2D eigenvalue weighted by atomic mass is 10.0. The smallest absolute Gasteiger partial charge is 0.241 e. The third-order valence-electron chi connectivity index (χ3n) is 5.20. The molecule has 136 valence electrons. The van der Waals surface area contributed by atoms with Gasteiger partial charge in [0.2, 0.25) is 5.91 Å². The number of fused-ring (bicyclic) bond motifs is 1. The van der Waals surface area contributed by atoms with Gasteiger partial charge >= 0.3 is 0 Å². The average Bonchev–Trinajstić information content (AvgIpc) is 2.69. The number of carbonyl (C=O) groups excluding carboxylic acids is 1. The molecule has 0 aromatic heterocycles. The van der Waals surface area contributed by atoms with Crippen LogP contribution in [0.2, 0.25) is 0 Å². The molecule has 1 atom stereocenters. The molecule has 2 aromatic carbocycles. The van der Waals surface area contributed by atoms with Gasteiger partial charge in [-0.25, -0.2) is 0 Å². The van der Waals surface area contributed by atoms with Crippen LogP contribution in [0.25, 0.3) is 0 Å². The molecule has 2 aromatic rings. The Hall–Kier alpha value is -2.37. The predicted molar refractivity (Wildman–Crippen MR) is 100 cm³/mol. The number of benzene rings is 2. The molecule has 1 N–H and O–H groups in total. The summed E-state index contributed by atoms with van der Waals surface area (Å²) in [7, 11) is 0. The molecule has 0 saturated carbocycles. The number of carbonyl (C=O) groups is 1. The van der Waals surface area contributed by atoms with E-state index in [4.69, 9.17) is 4.74 Å². The van der Waals surface area contributed by atoms with Gasteiger partial charge in [0, 0.05) is 13.1 Å². The summed E-state index contributed by atoms with van der Waals surface area (Å²) in [6.45, 7) is 2.33. The van der Waals surface area contributed by atoms with E-state index in [1.54, 1.807) is 0 Å². The maximum absolute atomic E-state index is 13.3. The van der Waals surface area contributed by atoms with Crippen LogP contribution in [0.15, 0.2) is 54.6 Å². The molecule has 2 heterocycles. The van der Waals surface area contributed by atoms with Gasteiger partial charge in [0.1, 0.15) is 12.4 Å². The van der Waals surface area contributed by atoms with Crippen molar-refractivity contribution >= 4 is 11.6 Å². The number of ether oxygens (including phenoxy) is 1. The minimum atomic E-state index is -0.234. The van der Waals surface area contributed by atoms with Crippen LogP contribution in [0.1, 0.15) is 24.4 Å². The zero-order chi connectivity index (χ0) is 17.9. The molecule has 1 saturated heterocycles. The summed E-state index contributed by atoms with van der Waals surface area (Å²) in [6.07, 6.45) is 1.23. The second kappa shape index (κ2) is 7.48. The molecule has 4 rings (SSSR count). The number of nitrogens with zero attached hydrogens (tertiary/aromatic N) is 2. The maximum atomic E-state index is 13.3. The van der Waals surface area contributed by atoms with Gasteiger partial charge in [-0.15, -0.1) is 0 Å². The van der Waals surface area contributed by atoms with Gasteiger partial charge in [0.05, 0.1) is 24.4 Å². The van der Waals surface area contributed by atoms with E-state index >= 15 is 0 Å². The number of para-hydroxylation sites is 2. The van der Waals surface area contributed by atoms with Gasteiger partial charge in [-0.1, -0.05) is 42.5 Å². The number of aliphatic hydroxyl groups is 1. The van der Waals surface area contributed by atoms with Crippen molar-refractivity contribution in [2.45, 2.75) is 25.0 Å². The lowest BCUT2D eigenvalue weighted by molar-refractivity contribution is -0.121. The highest BCUT2D eigenvalue weighted by molar-refractivity contribution is 5.97. The number of anilines is 1. The third-order valence-corrected chi connectivity index (χ3v) is 5.20. The third kappa shape index (κ3) is 3.45. The first-order chi connectivity index (χ1) is 12.7. The summed E-state index contributed by atoms with van der Waals surface area (Å²) >= 11 is 0. The number of amides is 1. The molecule has 2 aliphatic heterocycles. The molecule has 0 aliphatic carbocycles. The largest absolute Gasteiger partial charge is 0.489 e. The highest BCUT2D eigenvalue weighted by Gasteiger charge is 2.34. The van der Waals surface area contributed by atoms with Crippen molar-refractivity contribution in [3.63, 3.8) is 0 Å². The zero-order valence-electron chi connectivity index (χ0n) is 14.8. The van der Waals surface area contributed by atoms with E-state index in [1.807, 2.05) is 59.5 Å². The van der Waals surface area contributed by atoms with E-state index < -0.39 is 0 Å². The quantitative estimate of drug-likeness (QED) is 0.923. The van der Waals surface area contributed by atoms with Crippen molar-refractivity contribution in [3.8, 4) is 5.75 Å². The Balaban J connectivity index is 1.61. The van der Waals surface area contributed by atoms with Crippen molar-refractivity contribution in [3.05, 3.63) is 60.2 Å². The van der Waals surface area contributed by atoms with Crippen LogP contribution in [0.4, 0.5) is 5.69 Å². The second-order valence-electron chi connectivity index (χ2n) is 6.98. The molecule has 0 radical (unpaired) electrons. The first kappa shape index (κ1) is 17.1. The van der Waals surface area contributed by atoms with Crippen molar-refractivity contribution in [2.24, 2.45) is 0 Å². The van der Waals surface area contributed by atoms with Crippen molar-refractivity contribution in [1.82, 2.24) is 4.90 Å². The molecular weight excluding hydrogens is 328 g/mol. The molecule has 1 amide bonds. The number of rotatable bonds is 3. The lowest BCUT2D eigenvalue weighted by Gasteiger charge is -2.39. The highest BCUT2D eigenvalue weighted by Crippen LogP contribution is 2.39. The van der Waals surface area contributed by atoms with Crippen LogP contribution in [0.3, 0.4) is 0 Å². The van der Waals surface area contributed by atoms with E-state index in [0.717, 1.165) is 42.9 Å². The Labute approximate surface area is 153 Å². The first-order valence-electron chi connectivity index (χ1n) is 9.21. The van der Waals surface area contributed by atoms with Gasteiger partial charge in [-0.3, -0.25) is 14.6 Å². The number of aliphatic hydroxyl groups excluding tert-OH is 1. The van der Waals surface area contributed by atoms with Gasteiger partial charge in [-0.2, -0.15) is 0 Å². The Kier molecular flexibility index (Phi) is 4.91. The minimum absolute atomic E-state index is 0.0750. The molecule has 5 heteroatoms. The van der Waals surface area contributed by atoms with Gasteiger partial charge in [-0.05, 0) is 30.5 Å². The standard InChI is InChI=1S/C21H24N2O3/c24-17-10-12-22(13-11-17)14-21(25)23-18-8-4-5-9-20(18)26-15-19(23)16-6-2-1-3-7-16/h1-9,17,19,24H,10-15H2. The fourth-order valence-corrected chi connectivity index (χ4v) is 3.76. The van der Waals surface area contributed by atoms with Crippen LogP contribution in [-0.2, 0) is 4.79 Å². The molecule has 5 nitrogen and oxygen atoms in total. The summed E-state index contributed by atoms with van der Waals surface area (Å²) in [5.74, 6) is 0.827. The number of hydrogen-bond donors (Lipinski definition) is 1. The van der Waals surface area contributed by atoms with E-state index in [1.165, 1.54) is 0 Å². The van der Waals surface area contributed by atoms with Gasteiger partial charge in [0.25, 0.3) is 0 Å². The van der Waals surface area contributed by atoms with E-state index in [9.17, 15) is 9.90 Å². The molecule has 0 bridgehead atoms. The first-order valence-corrected chi connectivity index (χ1v) is 9.21. The van der Waals surface area contributed by atoms with E-state index in [0.29, 0.717) is 13.2 Å². The fraction of sp³-hybridized carbons (Fsp3) is 0.381. The number of likely N-dealkylation sites (tertiary alicyclic amines) is 1. The van der Waals surface area contributed by atoms with Gasteiger partial charge in [0.15, 0.2) is 0 Å². The Morgan fingerprint density at radius 2 is 1.73 bits per heavy atom. The number of hydrogen-bond acceptors (Lipinski definition) is 4. The predicted octanol–water partition coefficient (Wildman–Crippen LogP) is 2.61. The van der Waals surface area contributed by atoms with Crippen LogP contribution in [0, 0.1) is 0 Å². The van der Waals surface area contributed by atoms with Crippen molar-refractivity contribution < 1.29 is 14.6 Å². The zero-order valence-corrected chi connectivity index (χ0v) is 14.8. The topological polar surface area (TPSA) is 53.0 Å². The summed E-state index contributed by atoms with van der Waals surface area (Å²) in [5.41, 5.74) is 1.90. The second-order valence-corrected chi connectivity index (χ2v) is 6.98. The van der Waals surface area contributed by atoms with Gasteiger partial charge < -0.3 is 9.84 Å². The van der Waals surface area contributed by atoms with Crippen LogP contribution < -0.4 is 9.64 Å².